The second kappa shape index (κ2) is 4.80. The zero-order valence-corrected chi connectivity index (χ0v) is 14.7. The largest absolute Gasteiger partial charge is 0.399 e. The average molecular weight is 346 g/mol. The molecule has 0 fully saturated rings. The van der Waals surface area contributed by atoms with Crippen LogP contribution in [0, 0.1) is 0 Å². The molecule has 2 aliphatic rings. The van der Waals surface area contributed by atoms with E-state index in [1.165, 1.54) is 44.5 Å². The lowest BCUT2D eigenvalue weighted by atomic mass is 9.70. The molecule has 0 heterocycles. The molecule has 0 radical (unpaired) electrons. The van der Waals surface area contributed by atoms with E-state index in [0.717, 1.165) is 11.4 Å². The third kappa shape index (κ3) is 1.61. The first kappa shape index (κ1) is 14.6. The van der Waals surface area contributed by atoms with Crippen LogP contribution >= 0.6 is 0 Å². The van der Waals surface area contributed by atoms with Crippen LogP contribution < -0.4 is 11.5 Å². The van der Waals surface area contributed by atoms with Gasteiger partial charge in [0.1, 0.15) is 0 Å². The SMILES string of the molecule is Nc1ccc2c(c1)-c1cc(N)ccc1C21c2ccccc2-c2ccccc21. The van der Waals surface area contributed by atoms with Gasteiger partial charge in [0, 0.05) is 11.4 Å². The third-order valence-electron chi connectivity index (χ3n) is 6.14. The Labute approximate surface area is 158 Å². The Morgan fingerprint density at radius 2 is 0.852 bits per heavy atom. The van der Waals surface area contributed by atoms with Crippen molar-refractivity contribution >= 4 is 11.4 Å². The number of nitrogens with two attached hydrogens (primary N) is 2. The molecule has 2 nitrogen and oxygen atoms in total. The Bertz CT molecular complexity index is 1150. The first-order valence-electron chi connectivity index (χ1n) is 9.21. The van der Waals surface area contributed by atoms with E-state index in [0.29, 0.717) is 0 Å². The zero-order chi connectivity index (χ0) is 18.2. The second-order valence-electron chi connectivity index (χ2n) is 7.45. The second-order valence-corrected chi connectivity index (χ2v) is 7.45. The molecule has 0 amide bonds. The predicted octanol–water partition coefficient (Wildman–Crippen LogP) is 5.19. The van der Waals surface area contributed by atoms with Gasteiger partial charge in [0.2, 0.25) is 0 Å². The Balaban J connectivity index is 1.86. The van der Waals surface area contributed by atoms with Crippen molar-refractivity contribution in [3.05, 3.63) is 107 Å². The molecule has 0 bridgehead atoms. The van der Waals surface area contributed by atoms with Crippen LogP contribution in [-0.4, -0.2) is 0 Å². The van der Waals surface area contributed by atoms with Gasteiger partial charge in [0.05, 0.1) is 5.41 Å². The predicted molar refractivity (Wildman–Crippen MR) is 112 cm³/mol. The smallest absolute Gasteiger partial charge is 0.0725 e. The zero-order valence-electron chi connectivity index (χ0n) is 14.7. The van der Waals surface area contributed by atoms with Crippen LogP contribution in [0.2, 0.25) is 0 Å². The van der Waals surface area contributed by atoms with Crippen molar-refractivity contribution < 1.29 is 0 Å². The van der Waals surface area contributed by atoms with Crippen LogP contribution in [-0.2, 0) is 5.41 Å². The van der Waals surface area contributed by atoms with E-state index in [4.69, 9.17) is 11.5 Å². The fourth-order valence-electron chi connectivity index (χ4n) is 5.18. The molecule has 2 aliphatic carbocycles. The van der Waals surface area contributed by atoms with Crippen LogP contribution in [0.3, 0.4) is 0 Å². The molecule has 4 aromatic carbocycles. The van der Waals surface area contributed by atoms with Gasteiger partial charge in [0.15, 0.2) is 0 Å². The van der Waals surface area contributed by atoms with E-state index >= 15 is 0 Å². The summed E-state index contributed by atoms with van der Waals surface area (Å²) in [5.74, 6) is 0. The highest BCUT2D eigenvalue weighted by Gasteiger charge is 2.51. The molecular formula is C25H18N2. The number of fused-ring (bicyclic) bond motifs is 10. The summed E-state index contributed by atoms with van der Waals surface area (Å²) in [4.78, 5) is 0. The topological polar surface area (TPSA) is 52.0 Å². The van der Waals surface area contributed by atoms with Gasteiger partial charge in [0.25, 0.3) is 0 Å². The lowest BCUT2D eigenvalue weighted by Gasteiger charge is -2.30. The maximum atomic E-state index is 6.17. The van der Waals surface area contributed by atoms with Gasteiger partial charge in [-0.2, -0.15) is 0 Å². The van der Waals surface area contributed by atoms with Gasteiger partial charge in [-0.1, -0.05) is 60.7 Å². The maximum Gasteiger partial charge on any atom is 0.0725 e. The van der Waals surface area contributed by atoms with Crippen LogP contribution in [0.5, 0.6) is 0 Å². The minimum atomic E-state index is -0.306. The molecule has 27 heavy (non-hydrogen) atoms. The summed E-state index contributed by atoms with van der Waals surface area (Å²) >= 11 is 0. The number of hydrogen-bond donors (Lipinski definition) is 2. The van der Waals surface area contributed by atoms with Crippen molar-refractivity contribution in [1.82, 2.24) is 0 Å². The fourth-order valence-corrected chi connectivity index (χ4v) is 5.18. The van der Waals surface area contributed by atoms with Gasteiger partial charge in [-0.05, 0) is 68.8 Å². The van der Waals surface area contributed by atoms with Gasteiger partial charge in [-0.3, -0.25) is 0 Å². The van der Waals surface area contributed by atoms with Crippen LogP contribution in [0.4, 0.5) is 11.4 Å². The molecule has 0 aromatic heterocycles. The van der Waals surface area contributed by atoms with Crippen LogP contribution in [0.15, 0.2) is 84.9 Å². The standard InChI is InChI=1S/C25H18N2/c26-15-9-11-23-19(13-15)20-14-16(27)10-12-24(20)25(23)21-7-3-1-5-17(21)18-6-2-4-8-22(18)25/h1-14H,26-27H2. The molecule has 128 valence electrons. The van der Waals surface area contributed by atoms with Gasteiger partial charge >= 0.3 is 0 Å². The van der Waals surface area contributed by atoms with Gasteiger partial charge < -0.3 is 11.5 Å². The molecule has 0 unspecified atom stereocenters. The molecule has 0 aliphatic heterocycles. The summed E-state index contributed by atoms with van der Waals surface area (Å²) in [6.45, 7) is 0. The number of benzene rings is 4. The van der Waals surface area contributed by atoms with E-state index in [2.05, 4.69) is 72.8 Å². The van der Waals surface area contributed by atoms with Crippen molar-refractivity contribution in [1.29, 1.82) is 0 Å². The van der Waals surface area contributed by atoms with Crippen LogP contribution in [0.25, 0.3) is 22.3 Å². The van der Waals surface area contributed by atoms with Crippen molar-refractivity contribution in [2.24, 2.45) is 0 Å². The van der Waals surface area contributed by atoms with Gasteiger partial charge in [-0.15, -0.1) is 0 Å². The van der Waals surface area contributed by atoms with Crippen molar-refractivity contribution in [2.75, 3.05) is 11.5 Å². The van der Waals surface area contributed by atoms with Crippen molar-refractivity contribution in [3.63, 3.8) is 0 Å². The molecule has 2 heteroatoms. The monoisotopic (exact) mass is 346 g/mol. The van der Waals surface area contributed by atoms with Crippen LogP contribution in [0.1, 0.15) is 22.3 Å². The molecule has 0 atom stereocenters. The molecule has 0 saturated heterocycles. The lowest BCUT2D eigenvalue weighted by molar-refractivity contribution is 0.794. The fraction of sp³-hybridized carbons (Fsp3) is 0.0400. The van der Waals surface area contributed by atoms with E-state index in [-0.39, 0.29) is 5.41 Å². The number of hydrogen-bond acceptors (Lipinski definition) is 2. The summed E-state index contributed by atoms with van der Waals surface area (Å²) in [5, 5.41) is 0. The highest BCUT2D eigenvalue weighted by molar-refractivity contribution is 5.96. The Morgan fingerprint density at radius 1 is 0.444 bits per heavy atom. The summed E-state index contributed by atoms with van der Waals surface area (Å²) in [6, 6.07) is 30.1. The van der Waals surface area contributed by atoms with E-state index in [1.807, 2.05) is 12.1 Å². The molecular weight excluding hydrogens is 328 g/mol. The van der Waals surface area contributed by atoms with E-state index < -0.39 is 0 Å². The molecule has 4 aromatic rings. The highest BCUT2D eigenvalue weighted by Crippen LogP contribution is 2.62. The quantitative estimate of drug-likeness (QED) is 0.372. The first-order chi connectivity index (χ1) is 13.2. The molecule has 1 spiro atoms. The maximum absolute atomic E-state index is 6.17. The molecule has 4 N–H and O–H groups in total. The summed E-state index contributed by atoms with van der Waals surface area (Å²) in [6.07, 6.45) is 0. The number of anilines is 2. The molecule has 6 rings (SSSR count). The third-order valence-corrected chi connectivity index (χ3v) is 6.14. The molecule has 0 saturated carbocycles. The minimum Gasteiger partial charge on any atom is -0.399 e. The average Bonchev–Trinajstić information content (AvgIpc) is 3.14. The lowest BCUT2D eigenvalue weighted by Crippen LogP contribution is -2.25. The van der Waals surface area contributed by atoms with Crippen molar-refractivity contribution in [2.45, 2.75) is 5.41 Å². The summed E-state index contributed by atoms with van der Waals surface area (Å²) in [7, 11) is 0. The summed E-state index contributed by atoms with van der Waals surface area (Å²) in [5.41, 5.74) is 23.8. The normalized spacial score (nSPS) is 14.5. The van der Waals surface area contributed by atoms with Crippen molar-refractivity contribution in [3.8, 4) is 22.3 Å². The first-order valence-corrected chi connectivity index (χ1v) is 9.21. The summed E-state index contributed by atoms with van der Waals surface area (Å²) < 4.78 is 0. The Kier molecular flexibility index (Phi) is 2.60. The highest BCUT2D eigenvalue weighted by atomic mass is 14.6. The Hall–Kier alpha value is -3.52. The van der Waals surface area contributed by atoms with E-state index in [1.54, 1.807) is 0 Å². The minimum absolute atomic E-state index is 0.306. The van der Waals surface area contributed by atoms with Gasteiger partial charge in [-0.25, -0.2) is 0 Å². The number of rotatable bonds is 0. The Morgan fingerprint density at radius 3 is 1.33 bits per heavy atom. The number of nitrogen functional groups attached to an aromatic ring is 2. The van der Waals surface area contributed by atoms with E-state index in [9.17, 15) is 0 Å².